The van der Waals surface area contributed by atoms with E-state index in [-0.39, 0.29) is 0 Å². The van der Waals surface area contributed by atoms with Gasteiger partial charge in [-0.3, -0.25) is 9.88 Å². The molecule has 0 saturated heterocycles. The van der Waals surface area contributed by atoms with Gasteiger partial charge in [-0.05, 0) is 36.4 Å². The number of hydrogen-bond acceptors (Lipinski definition) is 4. The van der Waals surface area contributed by atoms with Crippen molar-refractivity contribution in [1.82, 2.24) is 9.88 Å². The maximum absolute atomic E-state index is 5.72. The van der Waals surface area contributed by atoms with Gasteiger partial charge in [-0.25, -0.2) is 0 Å². The molecule has 106 valence electrons. The van der Waals surface area contributed by atoms with Crippen LogP contribution in [0.5, 0.6) is 5.75 Å². The number of rotatable bonds is 6. The molecule has 20 heavy (non-hydrogen) atoms. The highest BCUT2D eigenvalue weighted by atomic mass is 16.5. The number of aromatic nitrogens is 1. The van der Waals surface area contributed by atoms with Gasteiger partial charge in [0.2, 0.25) is 0 Å². The summed E-state index contributed by atoms with van der Waals surface area (Å²) in [5, 5.41) is 0. The van der Waals surface area contributed by atoms with Crippen molar-refractivity contribution < 1.29 is 4.74 Å². The monoisotopic (exact) mass is 271 g/mol. The average Bonchev–Trinajstić information content (AvgIpc) is 2.48. The van der Waals surface area contributed by atoms with Crippen molar-refractivity contribution in [1.29, 1.82) is 0 Å². The van der Waals surface area contributed by atoms with Gasteiger partial charge in [0.25, 0.3) is 0 Å². The molecule has 2 aromatic rings. The summed E-state index contributed by atoms with van der Waals surface area (Å²) in [5.74, 6) is 0.883. The highest BCUT2D eigenvalue weighted by Crippen LogP contribution is 2.14. The van der Waals surface area contributed by atoms with E-state index < -0.39 is 0 Å². The Hall–Kier alpha value is -1.91. The molecule has 0 spiro atoms. The zero-order chi connectivity index (χ0) is 14.4. The first kappa shape index (κ1) is 14.5. The van der Waals surface area contributed by atoms with Gasteiger partial charge >= 0.3 is 0 Å². The lowest BCUT2D eigenvalue weighted by Crippen LogP contribution is -2.19. The van der Waals surface area contributed by atoms with Crippen molar-refractivity contribution in [2.45, 2.75) is 19.6 Å². The van der Waals surface area contributed by atoms with E-state index in [9.17, 15) is 0 Å². The van der Waals surface area contributed by atoms with Crippen molar-refractivity contribution in [3.63, 3.8) is 0 Å². The van der Waals surface area contributed by atoms with Crippen LogP contribution in [0.25, 0.3) is 0 Å². The van der Waals surface area contributed by atoms with Crippen molar-refractivity contribution in [3.8, 4) is 5.75 Å². The Morgan fingerprint density at radius 3 is 2.55 bits per heavy atom. The molecule has 0 bridgehead atoms. The lowest BCUT2D eigenvalue weighted by molar-refractivity contribution is 0.317. The molecule has 0 aliphatic rings. The molecule has 4 heteroatoms. The van der Waals surface area contributed by atoms with Gasteiger partial charge in [0.05, 0.1) is 12.8 Å². The molecule has 4 nitrogen and oxygen atoms in total. The van der Waals surface area contributed by atoms with Gasteiger partial charge in [-0.2, -0.15) is 0 Å². The second-order valence-electron chi connectivity index (χ2n) is 4.83. The first-order chi connectivity index (χ1) is 9.72. The number of pyridine rings is 1. The van der Waals surface area contributed by atoms with E-state index in [0.717, 1.165) is 24.5 Å². The normalized spacial score (nSPS) is 10.8. The summed E-state index contributed by atoms with van der Waals surface area (Å²) in [6.45, 7) is 2.20. The maximum Gasteiger partial charge on any atom is 0.118 e. The molecule has 0 unspecified atom stereocenters. The van der Waals surface area contributed by atoms with E-state index in [2.05, 4.69) is 35.1 Å². The van der Waals surface area contributed by atoms with Crippen molar-refractivity contribution in [2.75, 3.05) is 14.2 Å². The third-order valence-electron chi connectivity index (χ3n) is 3.23. The zero-order valence-corrected chi connectivity index (χ0v) is 12.0. The van der Waals surface area contributed by atoms with E-state index in [1.165, 1.54) is 11.1 Å². The molecule has 1 aromatic heterocycles. The SMILES string of the molecule is COc1ccc(CN(C)Cc2cccnc2CN)cc1. The van der Waals surface area contributed by atoms with Crippen molar-refractivity contribution >= 4 is 0 Å². The molecule has 1 heterocycles. The van der Waals surface area contributed by atoms with Gasteiger partial charge in [0, 0.05) is 25.8 Å². The van der Waals surface area contributed by atoms with Crippen LogP contribution in [-0.4, -0.2) is 24.0 Å². The molecule has 2 rings (SSSR count). The Morgan fingerprint density at radius 1 is 1.15 bits per heavy atom. The molecule has 0 aliphatic carbocycles. The minimum absolute atomic E-state index is 0.479. The Labute approximate surface area is 120 Å². The van der Waals surface area contributed by atoms with Crippen LogP contribution >= 0.6 is 0 Å². The standard InChI is InChI=1S/C16H21N3O/c1-19(11-13-5-7-15(20-2)8-6-13)12-14-4-3-9-18-16(14)10-17/h3-9H,10-12,17H2,1-2H3. The Kier molecular flexibility index (Phi) is 5.09. The highest BCUT2D eigenvalue weighted by Gasteiger charge is 2.06. The highest BCUT2D eigenvalue weighted by molar-refractivity contribution is 5.27. The van der Waals surface area contributed by atoms with Gasteiger partial charge in [0.15, 0.2) is 0 Å². The average molecular weight is 271 g/mol. The molecule has 0 fully saturated rings. The van der Waals surface area contributed by atoms with Crippen LogP contribution in [0.1, 0.15) is 16.8 Å². The number of benzene rings is 1. The lowest BCUT2D eigenvalue weighted by Gasteiger charge is -2.18. The fraction of sp³-hybridized carbons (Fsp3) is 0.312. The van der Waals surface area contributed by atoms with Gasteiger partial charge in [-0.1, -0.05) is 18.2 Å². The summed E-state index contributed by atoms with van der Waals surface area (Å²) in [4.78, 5) is 6.56. The number of hydrogen-bond donors (Lipinski definition) is 1. The minimum atomic E-state index is 0.479. The first-order valence-corrected chi connectivity index (χ1v) is 6.67. The van der Waals surface area contributed by atoms with Crippen LogP contribution in [-0.2, 0) is 19.6 Å². The van der Waals surface area contributed by atoms with Crippen molar-refractivity contribution in [2.24, 2.45) is 5.73 Å². The fourth-order valence-corrected chi connectivity index (χ4v) is 2.19. The lowest BCUT2D eigenvalue weighted by atomic mass is 10.1. The summed E-state index contributed by atoms with van der Waals surface area (Å²) in [6.07, 6.45) is 1.79. The van der Waals surface area contributed by atoms with Crippen LogP contribution in [0.4, 0.5) is 0 Å². The second kappa shape index (κ2) is 7.03. The van der Waals surface area contributed by atoms with E-state index in [4.69, 9.17) is 10.5 Å². The molecule has 0 saturated carbocycles. The second-order valence-corrected chi connectivity index (χ2v) is 4.83. The quantitative estimate of drug-likeness (QED) is 0.875. The van der Waals surface area contributed by atoms with Gasteiger partial charge < -0.3 is 10.5 Å². The van der Waals surface area contributed by atoms with E-state index in [0.29, 0.717) is 6.54 Å². The van der Waals surface area contributed by atoms with Crippen LogP contribution in [0.3, 0.4) is 0 Å². The largest absolute Gasteiger partial charge is 0.497 e. The zero-order valence-electron chi connectivity index (χ0n) is 12.0. The molecular formula is C16H21N3O. The number of nitrogens with zero attached hydrogens (tertiary/aromatic N) is 2. The maximum atomic E-state index is 5.72. The fourth-order valence-electron chi connectivity index (χ4n) is 2.19. The summed E-state index contributed by atoms with van der Waals surface area (Å²) in [7, 11) is 3.77. The third kappa shape index (κ3) is 3.79. The van der Waals surface area contributed by atoms with E-state index in [1.54, 1.807) is 13.3 Å². The van der Waals surface area contributed by atoms with Gasteiger partial charge in [0.1, 0.15) is 5.75 Å². The molecule has 0 aliphatic heterocycles. The van der Waals surface area contributed by atoms with E-state index in [1.807, 2.05) is 18.2 Å². The Balaban J connectivity index is 1.99. The van der Waals surface area contributed by atoms with E-state index >= 15 is 0 Å². The predicted molar refractivity (Wildman–Crippen MR) is 80.3 cm³/mol. The van der Waals surface area contributed by atoms with Gasteiger partial charge in [-0.15, -0.1) is 0 Å². The molecule has 0 radical (unpaired) electrons. The molecule has 0 amide bonds. The number of methoxy groups -OCH3 is 1. The summed E-state index contributed by atoms with van der Waals surface area (Å²) in [6, 6.07) is 12.2. The number of ether oxygens (including phenoxy) is 1. The summed E-state index contributed by atoms with van der Waals surface area (Å²) in [5.41, 5.74) is 9.12. The molecular weight excluding hydrogens is 250 g/mol. The summed E-state index contributed by atoms with van der Waals surface area (Å²) >= 11 is 0. The Bertz CT molecular complexity index is 540. The molecule has 1 aromatic carbocycles. The third-order valence-corrected chi connectivity index (χ3v) is 3.23. The van der Waals surface area contributed by atoms with Crippen LogP contribution < -0.4 is 10.5 Å². The first-order valence-electron chi connectivity index (χ1n) is 6.67. The summed E-state index contributed by atoms with van der Waals surface area (Å²) < 4.78 is 5.16. The predicted octanol–water partition coefficient (Wildman–Crippen LogP) is 2.18. The molecule has 0 atom stereocenters. The van der Waals surface area contributed by atoms with Crippen molar-refractivity contribution in [3.05, 3.63) is 59.4 Å². The minimum Gasteiger partial charge on any atom is -0.497 e. The smallest absolute Gasteiger partial charge is 0.118 e. The molecule has 2 N–H and O–H groups in total. The van der Waals surface area contributed by atoms with Crippen LogP contribution in [0.2, 0.25) is 0 Å². The van der Waals surface area contributed by atoms with Crippen LogP contribution in [0, 0.1) is 0 Å². The van der Waals surface area contributed by atoms with Crippen LogP contribution in [0.15, 0.2) is 42.6 Å². The number of nitrogens with two attached hydrogens (primary N) is 1. The topological polar surface area (TPSA) is 51.4 Å². The Morgan fingerprint density at radius 2 is 1.90 bits per heavy atom.